The quantitative estimate of drug-likeness (QED) is 0.725. The molecule has 7 heteroatoms. The molecule has 0 aliphatic carbocycles. The Morgan fingerprint density at radius 3 is 2.60 bits per heavy atom. The minimum Gasteiger partial charge on any atom is -0.493 e. The molecule has 1 aliphatic rings. The lowest BCUT2D eigenvalue weighted by atomic mass is 9.96. The summed E-state index contributed by atoms with van der Waals surface area (Å²) in [5, 5.41) is 13.3. The molecule has 0 spiro atoms. The molecule has 162 valence electrons. The topological polar surface area (TPSA) is 80.3 Å². The summed E-state index contributed by atoms with van der Waals surface area (Å²) in [6.07, 6.45) is -0.536. The van der Waals surface area contributed by atoms with Crippen molar-refractivity contribution < 1.29 is 24.1 Å². The molecule has 1 heterocycles. The minimum absolute atomic E-state index is 0.111. The molecule has 1 fully saturated rings. The number of carbonyl (C=O) groups excluding carboxylic acids is 1. The number of rotatable bonds is 7. The van der Waals surface area contributed by atoms with Crippen LogP contribution in [0, 0.1) is 0 Å². The van der Waals surface area contributed by atoms with Crippen LogP contribution in [-0.2, 0) is 4.74 Å². The van der Waals surface area contributed by atoms with Crippen LogP contribution in [-0.4, -0.2) is 62.0 Å². The number of nitrogens with one attached hydrogen (secondary N) is 1. The molecule has 2 atom stereocenters. The Bertz CT molecular complexity index is 870. The maximum atomic E-state index is 13.6. The number of aliphatic hydroxyl groups excluding tert-OH is 1. The number of hydrogen-bond acceptors (Lipinski definition) is 6. The first-order valence-electron chi connectivity index (χ1n) is 10.1. The van der Waals surface area contributed by atoms with E-state index in [1.807, 2.05) is 50.2 Å². The van der Waals surface area contributed by atoms with Gasteiger partial charge in [0.15, 0.2) is 11.5 Å². The summed E-state index contributed by atoms with van der Waals surface area (Å²) in [5.74, 6) is 1.05. The van der Waals surface area contributed by atoms with Crippen molar-refractivity contribution in [2.24, 2.45) is 0 Å². The van der Waals surface area contributed by atoms with Crippen molar-refractivity contribution in [1.82, 2.24) is 4.90 Å². The van der Waals surface area contributed by atoms with E-state index in [2.05, 4.69) is 5.32 Å². The molecule has 0 unspecified atom stereocenters. The maximum absolute atomic E-state index is 13.6. The Balaban J connectivity index is 2.01. The van der Waals surface area contributed by atoms with Crippen molar-refractivity contribution in [2.45, 2.75) is 32.0 Å². The van der Waals surface area contributed by atoms with E-state index in [0.717, 1.165) is 11.3 Å². The van der Waals surface area contributed by atoms with Gasteiger partial charge in [-0.25, -0.2) is 0 Å². The van der Waals surface area contributed by atoms with Gasteiger partial charge in [0.2, 0.25) is 0 Å². The van der Waals surface area contributed by atoms with Crippen LogP contribution >= 0.6 is 0 Å². The molecule has 30 heavy (non-hydrogen) atoms. The highest BCUT2D eigenvalue weighted by Gasteiger charge is 2.37. The van der Waals surface area contributed by atoms with Crippen LogP contribution in [0.3, 0.4) is 0 Å². The number of hydrogen-bond donors (Lipinski definition) is 2. The minimum atomic E-state index is -0.536. The first-order chi connectivity index (χ1) is 14.5. The Labute approximate surface area is 177 Å². The lowest BCUT2D eigenvalue weighted by Gasteiger charge is -2.41. The summed E-state index contributed by atoms with van der Waals surface area (Å²) >= 11 is 0. The van der Waals surface area contributed by atoms with Crippen LogP contribution in [0.4, 0.5) is 5.69 Å². The van der Waals surface area contributed by atoms with Gasteiger partial charge in [-0.1, -0.05) is 18.2 Å². The van der Waals surface area contributed by atoms with E-state index in [1.54, 1.807) is 25.2 Å². The second kappa shape index (κ2) is 9.82. The summed E-state index contributed by atoms with van der Waals surface area (Å²) in [7, 11) is 3.14. The number of anilines is 1. The van der Waals surface area contributed by atoms with Gasteiger partial charge in [0.1, 0.15) is 6.10 Å². The standard InChI is InChI=1S/C23H30N2O5/c1-15(2)24-18-8-6-5-7-17(18)23(27)25-11-12-30-21(14-26)22(25)16-9-10-19(28-3)20(13-16)29-4/h5-10,13,15,21-22,24,26H,11-12,14H2,1-4H3/t21-,22-/m1/s1. The SMILES string of the molecule is COc1ccc([C@@H]2[C@@H](CO)OCCN2C(=O)c2ccccc2NC(C)C)cc1OC. The van der Waals surface area contributed by atoms with Crippen molar-refractivity contribution in [3.8, 4) is 11.5 Å². The van der Waals surface area contributed by atoms with E-state index in [-0.39, 0.29) is 18.6 Å². The molecule has 2 aromatic carbocycles. The zero-order valence-corrected chi connectivity index (χ0v) is 17.9. The molecule has 1 saturated heterocycles. The molecule has 2 N–H and O–H groups in total. The van der Waals surface area contributed by atoms with E-state index >= 15 is 0 Å². The fourth-order valence-electron chi connectivity index (χ4n) is 3.81. The number of para-hydroxylation sites is 1. The zero-order valence-electron chi connectivity index (χ0n) is 17.9. The second-order valence-corrected chi connectivity index (χ2v) is 7.49. The van der Waals surface area contributed by atoms with Gasteiger partial charge in [0.25, 0.3) is 5.91 Å². The third-order valence-corrected chi connectivity index (χ3v) is 5.14. The molecule has 7 nitrogen and oxygen atoms in total. The molecule has 1 aliphatic heterocycles. The van der Waals surface area contributed by atoms with E-state index in [1.165, 1.54) is 0 Å². The number of ether oxygens (including phenoxy) is 3. The van der Waals surface area contributed by atoms with Crippen molar-refractivity contribution in [3.05, 3.63) is 53.6 Å². The average Bonchev–Trinajstić information content (AvgIpc) is 2.77. The van der Waals surface area contributed by atoms with Gasteiger partial charge < -0.3 is 29.5 Å². The summed E-state index contributed by atoms with van der Waals surface area (Å²) in [5.41, 5.74) is 2.19. The van der Waals surface area contributed by atoms with Crippen LogP contribution in [0.5, 0.6) is 11.5 Å². The first kappa shape index (κ1) is 21.9. The van der Waals surface area contributed by atoms with E-state index in [0.29, 0.717) is 30.2 Å². The lowest BCUT2D eigenvalue weighted by molar-refractivity contribution is -0.0811. The highest BCUT2D eigenvalue weighted by atomic mass is 16.5. The Morgan fingerprint density at radius 2 is 1.93 bits per heavy atom. The third kappa shape index (κ3) is 4.52. The molecule has 3 rings (SSSR count). The molecular formula is C23H30N2O5. The fourth-order valence-corrected chi connectivity index (χ4v) is 3.81. The summed E-state index contributed by atoms with van der Waals surface area (Å²) in [6, 6.07) is 12.7. The predicted molar refractivity (Wildman–Crippen MR) is 115 cm³/mol. The normalized spacial score (nSPS) is 18.9. The van der Waals surface area contributed by atoms with E-state index in [4.69, 9.17) is 14.2 Å². The zero-order chi connectivity index (χ0) is 21.7. The molecule has 0 bridgehead atoms. The summed E-state index contributed by atoms with van der Waals surface area (Å²) in [4.78, 5) is 15.4. The van der Waals surface area contributed by atoms with Crippen molar-refractivity contribution >= 4 is 11.6 Å². The Hall–Kier alpha value is -2.77. The fraction of sp³-hybridized carbons (Fsp3) is 0.435. The number of benzene rings is 2. The lowest BCUT2D eigenvalue weighted by Crippen LogP contribution is -2.49. The molecule has 0 aromatic heterocycles. The van der Waals surface area contributed by atoms with Crippen molar-refractivity contribution in [3.63, 3.8) is 0 Å². The van der Waals surface area contributed by atoms with Crippen LogP contribution in [0.15, 0.2) is 42.5 Å². The number of amides is 1. The van der Waals surface area contributed by atoms with Gasteiger partial charge in [0.05, 0.1) is 39.0 Å². The van der Waals surface area contributed by atoms with Gasteiger partial charge in [-0.2, -0.15) is 0 Å². The van der Waals surface area contributed by atoms with Crippen LogP contribution in [0.2, 0.25) is 0 Å². The second-order valence-electron chi connectivity index (χ2n) is 7.49. The maximum Gasteiger partial charge on any atom is 0.256 e. The van der Waals surface area contributed by atoms with E-state index in [9.17, 15) is 9.90 Å². The smallest absolute Gasteiger partial charge is 0.256 e. The number of methoxy groups -OCH3 is 2. The highest BCUT2D eigenvalue weighted by Crippen LogP contribution is 2.36. The first-order valence-corrected chi connectivity index (χ1v) is 10.1. The van der Waals surface area contributed by atoms with Crippen molar-refractivity contribution in [1.29, 1.82) is 0 Å². The molecule has 0 saturated carbocycles. The molecular weight excluding hydrogens is 384 g/mol. The van der Waals surface area contributed by atoms with Crippen molar-refractivity contribution in [2.75, 3.05) is 39.3 Å². The largest absolute Gasteiger partial charge is 0.493 e. The third-order valence-electron chi connectivity index (χ3n) is 5.14. The van der Waals surface area contributed by atoms with E-state index < -0.39 is 12.1 Å². The Kier molecular flexibility index (Phi) is 7.18. The van der Waals surface area contributed by atoms with Gasteiger partial charge in [-0.15, -0.1) is 0 Å². The summed E-state index contributed by atoms with van der Waals surface area (Å²) < 4.78 is 16.6. The van der Waals surface area contributed by atoms with Gasteiger partial charge >= 0.3 is 0 Å². The van der Waals surface area contributed by atoms with Crippen LogP contribution in [0.25, 0.3) is 0 Å². The number of nitrogens with zero attached hydrogens (tertiary/aromatic N) is 1. The predicted octanol–water partition coefficient (Wildman–Crippen LogP) is 3.10. The molecule has 2 aromatic rings. The number of morpholine rings is 1. The monoisotopic (exact) mass is 414 g/mol. The van der Waals surface area contributed by atoms with Gasteiger partial charge in [0, 0.05) is 18.3 Å². The summed E-state index contributed by atoms with van der Waals surface area (Å²) in [6.45, 7) is 4.65. The van der Waals surface area contributed by atoms with Gasteiger partial charge in [-0.3, -0.25) is 4.79 Å². The van der Waals surface area contributed by atoms with Gasteiger partial charge in [-0.05, 0) is 43.7 Å². The highest BCUT2D eigenvalue weighted by molar-refractivity contribution is 6.00. The van der Waals surface area contributed by atoms with Crippen LogP contribution in [0.1, 0.15) is 35.8 Å². The average molecular weight is 415 g/mol. The molecule has 0 radical (unpaired) electrons. The number of aliphatic hydroxyl groups is 1. The van der Waals surface area contributed by atoms with Crippen LogP contribution < -0.4 is 14.8 Å². The molecule has 1 amide bonds. The number of carbonyl (C=O) groups is 1. The Morgan fingerprint density at radius 1 is 1.20 bits per heavy atom.